The minimum absolute atomic E-state index is 0.0591. The SMILES string of the molecule is C[C@@H](N)c1cccc(OCBr)c1. The Bertz CT molecular complexity index is 250. The number of rotatable bonds is 3. The van der Waals surface area contributed by atoms with Gasteiger partial charge in [0.15, 0.2) is 0 Å². The van der Waals surface area contributed by atoms with Crippen LogP contribution in [0.25, 0.3) is 0 Å². The zero-order chi connectivity index (χ0) is 8.97. The van der Waals surface area contributed by atoms with Gasteiger partial charge in [-0.3, -0.25) is 0 Å². The van der Waals surface area contributed by atoms with E-state index in [9.17, 15) is 0 Å². The van der Waals surface area contributed by atoms with E-state index in [1.807, 2.05) is 31.2 Å². The minimum atomic E-state index is 0.0591. The van der Waals surface area contributed by atoms with E-state index >= 15 is 0 Å². The first-order chi connectivity index (χ1) is 5.74. The molecule has 0 amide bonds. The second kappa shape index (κ2) is 4.48. The molecule has 1 aromatic carbocycles. The van der Waals surface area contributed by atoms with Crippen molar-refractivity contribution in [1.29, 1.82) is 0 Å². The summed E-state index contributed by atoms with van der Waals surface area (Å²) in [6.07, 6.45) is 0. The van der Waals surface area contributed by atoms with Crippen LogP contribution in [0.2, 0.25) is 0 Å². The average Bonchev–Trinajstić information content (AvgIpc) is 2.05. The molecule has 3 heteroatoms. The van der Waals surface area contributed by atoms with E-state index in [1.54, 1.807) is 0 Å². The fourth-order valence-corrected chi connectivity index (χ4v) is 1.21. The zero-order valence-corrected chi connectivity index (χ0v) is 8.54. The molecular weight excluding hydrogens is 218 g/mol. The van der Waals surface area contributed by atoms with Gasteiger partial charge in [0.1, 0.15) is 11.3 Å². The predicted octanol–water partition coefficient (Wildman–Crippen LogP) is 2.44. The third kappa shape index (κ3) is 2.50. The molecule has 0 spiro atoms. The van der Waals surface area contributed by atoms with Crippen molar-refractivity contribution in [2.75, 3.05) is 5.52 Å². The van der Waals surface area contributed by atoms with Gasteiger partial charge < -0.3 is 10.5 Å². The molecule has 0 bridgehead atoms. The molecule has 0 aliphatic heterocycles. The maximum absolute atomic E-state index is 5.71. The number of benzene rings is 1. The molecule has 0 fully saturated rings. The molecule has 1 aromatic rings. The molecule has 2 nitrogen and oxygen atoms in total. The van der Waals surface area contributed by atoms with Crippen molar-refractivity contribution in [2.45, 2.75) is 13.0 Å². The lowest BCUT2D eigenvalue weighted by Crippen LogP contribution is -2.04. The van der Waals surface area contributed by atoms with Crippen molar-refractivity contribution in [1.82, 2.24) is 0 Å². The van der Waals surface area contributed by atoms with E-state index in [4.69, 9.17) is 10.5 Å². The zero-order valence-electron chi connectivity index (χ0n) is 6.96. The van der Waals surface area contributed by atoms with E-state index in [-0.39, 0.29) is 6.04 Å². The largest absolute Gasteiger partial charge is 0.482 e. The van der Waals surface area contributed by atoms with E-state index in [0.29, 0.717) is 5.52 Å². The van der Waals surface area contributed by atoms with Crippen LogP contribution >= 0.6 is 15.9 Å². The fourth-order valence-electron chi connectivity index (χ4n) is 0.951. The monoisotopic (exact) mass is 229 g/mol. The van der Waals surface area contributed by atoms with Crippen molar-refractivity contribution in [2.24, 2.45) is 5.73 Å². The van der Waals surface area contributed by atoms with Crippen LogP contribution in [0.5, 0.6) is 5.75 Å². The highest BCUT2D eigenvalue weighted by atomic mass is 79.9. The van der Waals surface area contributed by atoms with E-state index in [1.165, 1.54) is 0 Å². The standard InChI is InChI=1S/C9H12BrNO/c1-7(11)8-3-2-4-9(5-8)12-6-10/h2-5,7H,6,11H2,1H3/t7-/m1/s1. The van der Waals surface area contributed by atoms with Gasteiger partial charge in [-0.2, -0.15) is 0 Å². The van der Waals surface area contributed by atoms with Crippen LogP contribution in [-0.2, 0) is 0 Å². The van der Waals surface area contributed by atoms with Crippen LogP contribution in [-0.4, -0.2) is 5.52 Å². The fraction of sp³-hybridized carbons (Fsp3) is 0.333. The first kappa shape index (κ1) is 9.55. The summed E-state index contributed by atoms with van der Waals surface area (Å²) >= 11 is 3.19. The van der Waals surface area contributed by atoms with Crippen LogP contribution in [0.3, 0.4) is 0 Å². The van der Waals surface area contributed by atoms with Gasteiger partial charge in [-0.05, 0) is 40.5 Å². The molecule has 0 radical (unpaired) electrons. The number of nitrogens with two attached hydrogens (primary N) is 1. The van der Waals surface area contributed by atoms with Crippen LogP contribution in [0.1, 0.15) is 18.5 Å². The number of alkyl halides is 1. The molecule has 2 N–H and O–H groups in total. The Labute approximate surface area is 80.8 Å². The number of halogens is 1. The highest BCUT2D eigenvalue weighted by Gasteiger charge is 1.99. The summed E-state index contributed by atoms with van der Waals surface area (Å²) in [5, 5.41) is 0. The smallest absolute Gasteiger partial charge is 0.143 e. The molecule has 0 aliphatic rings. The van der Waals surface area contributed by atoms with Gasteiger partial charge >= 0.3 is 0 Å². The van der Waals surface area contributed by atoms with Gasteiger partial charge in [-0.1, -0.05) is 12.1 Å². The quantitative estimate of drug-likeness (QED) is 0.809. The third-order valence-corrected chi connectivity index (χ3v) is 1.83. The first-order valence-electron chi connectivity index (χ1n) is 3.78. The predicted molar refractivity (Wildman–Crippen MR) is 53.5 cm³/mol. The summed E-state index contributed by atoms with van der Waals surface area (Å²) in [7, 11) is 0. The molecule has 1 atom stereocenters. The summed E-state index contributed by atoms with van der Waals surface area (Å²) in [4.78, 5) is 0. The summed E-state index contributed by atoms with van der Waals surface area (Å²) in [6, 6.07) is 7.85. The van der Waals surface area contributed by atoms with Gasteiger partial charge in [-0.15, -0.1) is 0 Å². The average molecular weight is 230 g/mol. The van der Waals surface area contributed by atoms with E-state index < -0.39 is 0 Å². The Balaban J connectivity index is 2.81. The first-order valence-corrected chi connectivity index (χ1v) is 4.90. The Morgan fingerprint density at radius 3 is 2.92 bits per heavy atom. The molecule has 0 heterocycles. The molecule has 12 heavy (non-hydrogen) atoms. The van der Waals surface area contributed by atoms with Gasteiger partial charge in [-0.25, -0.2) is 0 Å². The number of ether oxygens (including phenoxy) is 1. The van der Waals surface area contributed by atoms with Crippen LogP contribution < -0.4 is 10.5 Å². The molecule has 0 saturated heterocycles. The Morgan fingerprint density at radius 2 is 2.33 bits per heavy atom. The summed E-state index contributed by atoms with van der Waals surface area (Å²) < 4.78 is 5.26. The van der Waals surface area contributed by atoms with Crippen LogP contribution in [0.15, 0.2) is 24.3 Å². The van der Waals surface area contributed by atoms with E-state index in [2.05, 4.69) is 15.9 Å². The van der Waals surface area contributed by atoms with Crippen LogP contribution in [0, 0.1) is 0 Å². The maximum atomic E-state index is 5.71. The lowest BCUT2D eigenvalue weighted by molar-refractivity contribution is 0.397. The lowest BCUT2D eigenvalue weighted by atomic mass is 10.1. The van der Waals surface area contributed by atoms with Crippen LogP contribution in [0.4, 0.5) is 0 Å². The minimum Gasteiger partial charge on any atom is -0.482 e. The second-order valence-corrected chi connectivity index (χ2v) is 3.07. The van der Waals surface area contributed by atoms with Crippen molar-refractivity contribution < 1.29 is 4.74 Å². The highest BCUT2D eigenvalue weighted by Crippen LogP contribution is 2.17. The van der Waals surface area contributed by atoms with Gasteiger partial charge in [0.2, 0.25) is 0 Å². The van der Waals surface area contributed by atoms with Gasteiger partial charge in [0, 0.05) is 6.04 Å². The molecule has 1 rings (SSSR count). The van der Waals surface area contributed by atoms with E-state index in [0.717, 1.165) is 11.3 Å². The normalized spacial score (nSPS) is 12.6. The van der Waals surface area contributed by atoms with Crippen molar-refractivity contribution >= 4 is 15.9 Å². The summed E-state index contributed by atoms with van der Waals surface area (Å²) in [5.41, 5.74) is 7.31. The Hall–Kier alpha value is -0.540. The topological polar surface area (TPSA) is 35.2 Å². The highest BCUT2D eigenvalue weighted by molar-refractivity contribution is 9.09. The van der Waals surface area contributed by atoms with Crippen molar-refractivity contribution in [3.63, 3.8) is 0 Å². The van der Waals surface area contributed by atoms with Gasteiger partial charge in [0.05, 0.1) is 0 Å². The molecule has 0 aromatic heterocycles. The Morgan fingerprint density at radius 1 is 1.58 bits per heavy atom. The number of hydrogen-bond donors (Lipinski definition) is 1. The summed E-state index contributed by atoms with van der Waals surface area (Å²) in [5.74, 6) is 0.849. The van der Waals surface area contributed by atoms with Crippen molar-refractivity contribution in [3.05, 3.63) is 29.8 Å². The number of hydrogen-bond acceptors (Lipinski definition) is 2. The summed E-state index contributed by atoms with van der Waals surface area (Å²) in [6.45, 7) is 1.95. The molecule has 66 valence electrons. The Kier molecular flexibility index (Phi) is 3.56. The lowest BCUT2D eigenvalue weighted by Gasteiger charge is -2.07. The molecule has 0 unspecified atom stereocenters. The maximum Gasteiger partial charge on any atom is 0.143 e. The second-order valence-electron chi connectivity index (χ2n) is 2.61. The molecular formula is C9H12BrNO. The third-order valence-electron chi connectivity index (χ3n) is 1.61. The molecule has 0 aliphatic carbocycles. The molecule has 0 saturated carbocycles. The van der Waals surface area contributed by atoms with Crippen molar-refractivity contribution in [3.8, 4) is 5.75 Å². The van der Waals surface area contributed by atoms with Gasteiger partial charge in [0.25, 0.3) is 0 Å².